The number of aliphatic carboxylic acids is 1. The summed E-state index contributed by atoms with van der Waals surface area (Å²) < 4.78 is 0. The lowest BCUT2D eigenvalue weighted by Crippen LogP contribution is -2.08. The number of carbonyl (C=O) groups is 1. The van der Waals surface area contributed by atoms with Gasteiger partial charge in [0.1, 0.15) is 0 Å². The average molecular weight is 191 g/mol. The van der Waals surface area contributed by atoms with E-state index >= 15 is 0 Å². The van der Waals surface area contributed by atoms with Gasteiger partial charge in [0.05, 0.1) is 6.42 Å². The van der Waals surface area contributed by atoms with Crippen LogP contribution in [0.1, 0.15) is 30.7 Å². The van der Waals surface area contributed by atoms with E-state index in [0.717, 1.165) is 5.56 Å². The second kappa shape index (κ2) is 3.78. The highest BCUT2D eigenvalue weighted by molar-refractivity contribution is 5.68. The van der Waals surface area contributed by atoms with Gasteiger partial charge in [-0.3, -0.25) is 9.78 Å². The van der Waals surface area contributed by atoms with Gasteiger partial charge >= 0.3 is 5.97 Å². The van der Waals surface area contributed by atoms with Crippen molar-refractivity contribution in [3.05, 3.63) is 30.1 Å². The van der Waals surface area contributed by atoms with Crippen molar-refractivity contribution in [1.29, 1.82) is 0 Å². The summed E-state index contributed by atoms with van der Waals surface area (Å²) in [7, 11) is 0. The topological polar surface area (TPSA) is 50.2 Å². The van der Waals surface area contributed by atoms with E-state index in [1.807, 2.05) is 12.1 Å². The first kappa shape index (κ1) is 9.19. The van der Waals surface area contributed by atoms with Crippen LogP contribution in [0.5, 0.6) is 0 Å². The number of hydrogen-bond donors (Lipinski definition) is 1. The molecule has 0 spiro atoms. The molecular formula is C11H13NO2. The van der Waals surface area contributed by atoms with Gasteiger partial charge in [-0.1, -0.05) is 0 Å². The zero-order chi connectivity index (χ0) is 9.97. The monoisotopic (exact) mass is 191 g/mol. The highest BCUT2D eigenvalue weighted by atomic mass is 16.4. The van der Waals surface area contributed by atoms with Gasteiger partial charge in [0, 0.05) is 12.4 Å². The minimum absolute atomic E-state index is 0.190. The summed E-state index contributed by atoms with van der Waals surface area (Å²) in [5.41, 5.74) is 1.12. The third kappa shape index (κ3) is 2.10. The normalized spacial score (nSPS) is 17.7. The van der Waals surface area contributed by atoms with Gasteiger partial charge < -0.3 is 5.11 Å². The first-order valence-corrected chi connectivity index (χ1v) is 4.89. The molecule has 0 aliphatic heterocycles. The zero-order valence-corrected chi connectivity index (χ0v) is 7.89. The second-order valence-electron chi connectivity index (χ2n) is 3.82. The van der Waals surface area contributed by atoms with Crippen LogP contribution in [0.15, 0.2) is 24.5 Å². The largest absolute Gasteiger partial charge is 0.481 e. The standard InChI is InChI=1S/C11H13NO2/c13-11(14)7-10(8-1-2-8)9-3-5-12-6-4-9/h3-6,8,10H,1-2,7H2,(H,13,14)/t10-/m0/s1. The fourth-order valence-corrected chi connectivity index (χ4v) is 1.85. The Bertz CT molecular complexity index is 319. The molecule has 1 heterocycles. The number of aromatic nitrogens is 1. The van der Waals surface area contributed by atoms with E-state index in [2.05, 4.69) is 4.98 Å². The minimum atomic E-state index is -0.710. The van der Waals surface area contributed by atoms with Crippen molar-refractivity contribution in [3.63, 3.8) is 0 Å². The van der Waals surface area contributed by atoms with Crippen molar-refractivity contribution in [2.24, 2.45) is 5.92 Å². The van der Waals surface area contributed by atoms with Crippen molar-refractivity contribution in [2.45, 2.75) is 25.2 Å². The predicted molar refractivity (Wildman–Crippen MR) is 52.0 cm³/mol. The zero-order valence-electron chi connectivity index (χ0n) is 7.89. The van der Waals surface area contributed by atoms with Gasteiger partial charge in [0.15, 0.2) is 0 Å². The Morgan fingerprint density at radius 3 is 2.64 bits per heavy atom. The molecule has 1 aliphatic carbocycles. The van der Waals surface area contributed by atoms with Crippen molar-refractivity contribution < 1.29 is 9.90 Å². The van der Waals surface area contributed by atoms with Gasteiger partial charge in [0.2, 0.25) is 0 Å². The summed E-state index contributed by atoms with van der Waals surface area (Å²) in [6.45, 7) is 0. The minimum Gasteiger partial charge on any atom is -0.481 e. The first-order chi connectivity index (χ1) is 6.77. The van der Waals surface area contributed by atoms with E-state index in [4.69, 9.17) is 5.11 Å². The molecule has 1 aromatic heterocycles. The smallest absolute Gasteiger partial charge is 0.303 e. The SMILES string of the molecule is O=C(O)C[C@H](c1ccncc1)C1CC1. The van der Waals surface area contributed by atoms with Crippen LogP contribution in [0.3, 0.4) is 0 Å². The Morgan fingerprint density at radius 2 is 2.14 bits per heavy atom. The van der Waals surface area contributed by atoms with Crippen LogP contribution in [-0.2, 0) is 4.79 Å². The molecule has 1 N–H and O–H groups in total. The molecule has 1 atom stereocenters. The summed E-state index contributed by atoms with van der Waals surface area (Å²) in [5, 5.41) is 8.81. The molecule has 0 saturated heterocycles. The Kier molecular flexibility index (Phi) is 2.48. The van der Waals surface area contributed by atoms with Gasteiger partial charge in [-0.15, -0.1) is 0 Å². The van der Waals surface area contributed by atoms with Crippen LogP contribution in [0.25, 0.3) is 0 Å². The molecule has 0 unspecified atom stereocenters. The Labute approximate surface area is 82.8 Å². The molecule has 1 saturated carbocycles. The molecule has 0 amide bonds. The fraction of sp³-hybridized carbons (Fsp3) is 0.455. The molecule has 2 rings (SSSR count). The molecule has 0 bridgehead atoms. The van der Waals surface area contributed by atoms with E-state index in [1.165, 1.54) is 12.8 Å². The van der Waals surface area contributed by atoms with E-state index in [0.29, 0.717) is 5.92 Å². The van der Waals surface area contributed by atoms with E-state index < -0.39 is 5.97 Å². The molecule has 3 heteroatoms. The van der Waals surface area contributed by atoms with Crippen molar-refractivity contribution in [3.8, 4) is 0 Å². The van der Waals surface area contributed by atoms with Crippen LogP contribution in [0.4, 0.5) is 0 Å². The van der Waals surface area contributed by atoms with Gasteiger partial charge in [-0.2, -0.15) is 0 Å². The molecule has 74 valence electrons. The molecule has 3 nitrogen and oxygen atoms in total. The summed E-state index contributed by atoms with van der Waals surface area (Å²) in [4.78, 5) is 14.6. The lowest BCUT2D eigenvalue weighted by Gasteiger charge is -2.13. The summed E-state index contributed by atoms with van der Waals surface area (Å²) in [6.07, 6.45) is 6.04. The number of rotatable bonds is 4. The number of hydrogen-bond acceptors (Lipinski definition) is 2. The van der Waals surface area contributed by atoms with Gasteiger partial charge in [-0.05, 0) is 42.4 Å². The van der Waals surface area contributed by atoms with Gasteiger partial charge in [-0.25, -0.2) is 0 Å². The number of nitrogens with zero attached hydrogens (tertiary/aromatic N) is 1. The predicted octanol–water partition coefficient (Wildman–Crippen LogP) is 2.05. The Balaban J connectivity index is 2.14. The Morgan fingerprint density at radius 1 is 1.50 bits per heavy atom. The van der Waals surface area contributed by atoms with Crippen LogP contribution in [0, 0.1) is 5.92 Å². The average Bonchev–Trinajstić information content (AvgIpc) is 2.99. The maximum atomic E-state index is 10.7. The first-order valence-electron chi connectivity index (χ1n) is 4.89. The molecule has 1 aromatic rings. The molecule has 0 radical (unpaired) electrons. The molecular weight excluding hydrogens is 178 g/mol. The number of carboxylic acid groups (broad SMARTS) is 1. The quantitative estimate of drug-likeness (QED) is 0.792. The third-order valence-electron chi connectivity index (χ3n) is 2.72. The third-order valence-corrected chi connectivity index (χ3v) is 2.72. The number of carboxylic acids is 1. The van der Waals surface area contributed by atoms with Crippen LogP contribution in [-0.4, -0.2) is 16.1 Å². The molecule has 1 aliphatic rings. The summed E-state index contributed by atoms with van der Waals surface area (Å²) in [6, 6.07) is 3.85. The Hall–Kier alpha value is -1.38. The fourth-order valence-electron chi connectivity index (χ4n) is 1.85. The molecule has 0 aromatic carbocycles. The number of pyridine rings is 1. The van der Waals surface area contributed by atoms with E-state index in [9.17, 15) is 4.79 Å². The highest BCUT2D eigenvalue weighted by Crippen LogP contribution is 2.44. The summed E-state index contributed by atoms with van der Waals surface area (Å²) >= 11 is 0. The lowest BCUT2D eigenvalue weighted by atomic mass is 9.92. The van der Waals surface area contributed by atoms with Crippen LogP contribution < -0.4 is 0 Å². The lowest BCUT2D eigenvalue weighted by molar-refractivity contribution is -0.137. The highest BCUT2D eigenvalue weighted by Gasteiger charge is 2.33. The maximum absolute atomic E-state index is 10.7. The van der Waals surface area contributed by atoms with Crippen LogP contribution in [0.2, 0.25) is 0 Å². The van der Waals surface area contributed by atoms with E-state index in [1.54, 1.807) is 12.4 Å². The van der Waals surface area contributed by atoms with Crippen molar-refractivity contribution in [1.82, 2.24) is 4.98 Å². The molecule has 1 fully saturated rings. The van der Waals surface area contributed by atoms with E-state index in [-0.39, 0.29) is 12.3 Å². The molecule has 14 heavy (non-hydrogen) atoms. The van der Waals surface area contributed by atoms with Crippen molar-refractivity contribution in [2.75, 3.05) is 0 Å². The van der Waals surface area contributed by atoms with Gasteiger partial charge in [0.25, 0.3) is 0 Å². The summed E-state index contributed by atoms with van der Waals surface area (Å²) in [5.74, 6) is 0.0581. The van der Waals surface area contributed by atoms with Crippen molar-refractivity contribution >= 4 is 5.97 Å². The maximum Gasteiger partial charge on any atom is 0.303 e. The second-order valence-corrected chi connectivity index (χ2v) is 3.82. The van der Waals surface area contributed by atoms with Crippen LogP contribution >= 0.6 is 0 Å².